The Morgan fingerprint density at radius 1 is 1.29 bits per heavy atom. The lowest BCUT2D eigenvalue weighted by atomic mass is 10.1. The number of halogens is 1. The first-order chi connectivity index (χ1) is 10.1. The van der Waals surface area contributed by atoms with Gasteiger partial charge in [0.25, 0.3) is 5.69 Å². The van der Waals surface area contributed by atoms with E-state index in [0.717, 1.165) is 5.69 Å². The predicted molar refractivity (Wildman–Crippen MR) is 79.6 cm³/mol. The molecule has 0 aliphatic carbocycles. The Morgan fingerprint density at radius 2 is 2.00 bits per heavy atom. The molecule has 3 rings (SSSR count). The number of rotatable bonds is 3. The van der Waals surface area contributed by atoms with Crippen molar-refractivity contribution in [1.29, 1.82) is 0 Å². The average molecular weight is 303 g/mol. The van der Waals surface area contributed by atoms with Crippen LogP contribution in [0.2, 0.25) is 5.02 Å². The van der Waals surface area contributed by atoms with Crippen LogP contribution in [-0.4, -0.2) is 19.3 Å². The lowest BCUT2D eigenvalue weighted by Crippen LogP contribution is -2.01. The van der Waals surface area contributed by atoms with Gasteiger partial charge in [0, 0.05) is 37.3 Å². The lowest BCUT2D eigenvalue weighted by Gasteiger charge is -2.09. The first-order valence-corrected chi connectivity index (χ1v) is 6.55. The van der Waals surface area contributed by atoms with Gasteiger partial charge < -0.3 is 4.57 Å². The van der Waals surface area contributed by atoms with Crippen LogP contribution in [-0.2, 0) is 7.05 Å². The fourth-order valence-corrected chi connectivity index (χ4v) is 2.49. The highest BCUT2D eigenvalue weighted by molar-refractivity contribution is 6.33. The van der Waals surface area contributed by atoms with E-state index in [0.29, 0.717) is 16.3 Å². The summed E-state index contributed by atoms with van der Waals surface area (Å²) in [7, 11) is 1.76. The van der Waals surface area contributed by atoms with Crippen molar-refractivity contribution < 1.29 is 4.92 Å². The average Bonchev–Trinajstić information content (AvgIpc) is 3.09. The quantitative estimate of drug-likeness (QED) is 0.550. The third kappa shape index (κ3) is 2.30. The molecule has 2 aromatic heterocycles. The summed E-state index contributed by atoms with van der Waals surface area (Å²) in [5.74, 6) is 0. The zero-order valence-corrected chi connectivity index (χ0v) is 11.9. The summed E-state index contributed by atoms with van der Waals surface area (Å²) < 4.78 is 3.29. The number of aromatic nitrogens is 3. The fraction of sp³-hybridized carbons (Fsp3) is 0.0714. The molecule has 0 amide bonds. The van der Waals surface area contributed by atoms with E-state index in [-0.39, 0.29) is 5.69 Å². The largest absolute Gasteiger partial charge is 0.318 e. The van der Waals surface area contributed by atoms with Crippen LogP contribution in [0.5, 0.6) is 0 Å². The highest BCUT2D eigenvalue weighted by Gasteiger charge is 2.20. The molecular formula is C14H11ClN4O2. The van der Waals surface area contributed by atoms with Gasteiger partial charge in [-0.2, -0.15) is 5.10 Å². The smallest absolute Gasteiger partial charge is 0.293 e. The first kappa shape index (κ1) is 13.4. The number of aryl methyl sites for hydroxylation is 1. The number of benzene rings is 1. The van der Waals surface area contributed by atoms with Gasteiger partial charge in [-0.25, -0.2) is 0 Å². The van der Waals surface area contributed by atoms with Gasteiger partial charge in [-0.15, -0.1) is 0 Å². The van der Waals surface area contributed by atoms with Crippen LogP contribution in [0.4, 0.5) is 5.69 Å². The molecule has 1 aromatic carbocycles. The van der Waals surface area contributed by atoms with Gasteiger partial charge in [0.15, 0.2) is 0 Å². The van der Waals surface area contributed by atoms with Crippen LogP contribution in [0.3, 0.4) is 0 Å². The molecule has 0 unspecified atom stereocenters. The lowest BCUT2D eigenvalue weighted by molar-refractivity contribution is -0.384. The van der Waals surface area contributed by atoms with E-state index in [4.69, 9.17) is 11.6 Å². The van der Waals surface area contributed by atoms with Crippen molar-refractivity contribution in [3.8, 4) is 16.9 Å². The number of hydrogen-bond donors (Lipinski definition) is 0. The zero-order valence-electron chi connectivity index (χ0n) is 11.1. The second-order valence-electron chi connectivity index (χ2n) is 4.51. The molecule has 0 aliphatic rings. The summed E-state index contributed by atoms with van der Waals surface area (Å²) in [6, 6.07) is 8.44. The van der Waals surface area contributed by atoms with Crippen LogP contribution in [0, 0.1) is 10.1 Å². The van der Waals surface area contributed by atoms with Crippen molar-refractivity contribution in [2.75, 3.05) is 0 Å². The van der Waals surface area contributed by atoms with Gasteiger partial charge in [-0.3, -0.25) is 14.8 Å². The van der Waals surface area contributed by atoms with Gasteiger partial charge in [0.05, 0.1) is 15.6 Å². The minimum atomic E-state index is -0.411. The minimum absolute atomic E-state index is 0.00759. The maximum Gasteiger partial charge on any atom is 0.293 e. The molecule has 7 heteroatoms. The summed E-state index contributed by atoms with van der Waals surface area (Å²) in [4.78, 5) is 11.0. The molecular weight excluding hydrogens is 292 g/mol. The Bertz CT molecular complexity index is 809. The Hall–Kier alpha value is -2.60. The molecule has 0 saturated carbocycles. The van der Waals surface area contributed by atoms with E-state index in [1.54, 1.807) is 59.2 Å². The van der Waals surface area contributed by atoms with Gasteiger partial charge in [-0.05, 0) is 24.3 Å². The Balaban J connectivity index is 2.25. The molecule has 21 heavy (non-hydrogen) atoms. The third-order valence-corrected chi connectivity index (χ3v) is 3.55. The molecule has 0 radical (unpaired) electrons. The third-order valence-electron chi connectivity index (χ3n) is 3.24. The molecule has 0 saturated heterocycles. The van der Waals surface area contributed by atoms with Crippen molar-refractivity contribution in [2.45, 2.75) is 0 Å². The van der Waals surface area contributed by atoms with E-state index in [2.05, 4.69) is 5.10 Å². The predicted octanol–water partition coefficient (Wildman–Crippen LogP) is 3.44. The standard InChI is InChI=1S/C14H11ClN4O2/c1-17-12(4-5-16-17)10-8-14(19(20)21)13(9-11(10)15)18-6-2-3-7-18/h2-9H,1H3. The normalized spacial score (nSPS) is 10.8. The number of nitro groups is 1. The van der Waals surface area contributed by atoms with E-state index in [1.165, 1.54) is 6.07 Å². The second-order valence-corrected chi connectivity index (χ2v) is 4.92. The van der Waals surface area contributed by atoms with E-state index < -0.39 is 4.92 Å². The number of nitro benzene ring substituents is 1. The van der Waals surface area contributed by atoms with Crippen molar-refractivity contribution >= 4 is 17.3 Å². The maximum absolute atomic E-state index is 11.4. The molecule has 6 nitrogen and oxygen atoms in total. The van der Waals surface area contributed by atoms with Crippen molar-refractivity contribution in [3.63, 3.8) is 0 Å². The second kappa shape index (κ2) is 5.06. The van der Waals surface area contributed by atoms with Crippen molar-refractivity contribution in [2.24, 2.45) is 7.05 Å². The van der Waals surface area contributed by atoms with E-state index in [1.807, 2.05) is 0 Å². The van der Waals surface area contributed by atoms with Gasteiger partial charge in [0.2, 0.25) is 0 Å². The SMILES string of the molecule is Cn1nccc1-c1cc([N+](=O)[O-])c(-n2cccc2)cc1Cl. The van der Waals surface area contributed by atoms with Gasteiger partial charge in [0.1, 0.15) is 5.69 Å². The Kier molecular flexibility index (Phi) is 3.23. The van der Waals surface area contributed by atoms with Crippen molar-refractivity contribution in [1.82, 2.24) is 14.3 Å². The fourth-order valence-electron chi connectivity index (χ4n) is 2.23. The summed E-state index contributed by atoms with van der Waals surface area (Å²) in [6.45, 7) is 0. The monoisotopic (exact) mass is 302 g/mol. The number of nitrogens with zero attached hydrogens (tertiary/aromatic N) is 4. The molecule has 0 aliphatic heterocycles. The van der Waals surface area contributed by atoms with E-state index >= 15 is 0 Å². The summed E-state index contributed by atoms with van der Waals surface area (Å²) in [5.41, 5.74) is 1.73. The minimum Gasteiger partial charge on any atom is -0.318 e. The highest BCUT2D eigenvalue weighted by atomic mass is 35.5. The molecule has 0 N–H and O–H groups in total. The summed E-state index contributed by atoms with van der Waals surface area (Å²) >= 11 is 6.31. The van der Waals surface area contributed by atoms with Crippen molar-refractivity contribution in [3.05, 3.63) is 64.1 Å². The van der Waals surface area contributed by atoms with Gasteiger partial charge >= 0.3 is 0 Å². The summed E-state index contributed by atoms with van der Waals surface area (Å²) in [6.07, 6.45) is 5.10. The zero-order chi connectivity index (χ0) is 15.0. The number of hydrogen-bond acceptors (Lipinski definition) is 3. The first-order valence-electron chi connectivity index (χ1n) is 6.17. The van der Waals surface area contributed by atoms with Crippen LogP contribution < -0.4 is 0 Å². The van der Waals surface area contributed by atoms with Gasteiger partial charge in [-0.1, -0.05) is 11.6 Å². The van der Waals surface area contributed by atoms with Crippen LogP contribution in [0.15, 0.2) is 48.9 Å². The topological polar surface area (TPSA) is 65.9 Å². The Labute approximate surface area is 125 Å². The molecule has 106 valence electrons. The Morgan fingerprint density at radius 3 is 2.57 bits per heavy atom. The summed E-state index contributed by atoms with van der Waals surface area (Å²) in [5, 5.41) is 15.9. The molecule has 3 aromatic rings. The molecule has 0 bridgehead atoms. The van der Waals surface area contributed by atoms with Crippen LogP contribution >= 0.6 is 11.6 Å². The molecule has 0 fully saturated rings. The van der Waals surface area contributed by atoms with Crippen LogP contribution in [0.25, 0.3) is 16.9 Å². The maximum atomic E-state index is 11.4. The molecule has 0 spiro atoms. The molecule has 0 atom stereocenters. The molecule has 2 heterocycles. The van der Waals surface area contributed by atoms with E-state index in [9.17, 15) is 10.1 Å². The van der Waals surface area contributed by atoms with Crippen LogP contribution in [0.1, 0.15) is 0 Å². The highest BCUT2D eigenvalue weighted by Crippen LogP contribution is 2.35.